The van der Waals surface area contributed by atoms with Crippen LogP contribution in [-0.2, 0) is 13.0 Å². The number of nitrogens with zero attached hydrogens (tertiary/aromatic N) is 5. The van der Waals surface area contributed by atoms with Crippen molar-refractivity contribution in [1.82, 2.24) is 23.3 Å². The summed E-state index contributed by atoms with van der Waals surface area (Å²) in [7, 11) is 0. The number of anilines is 1. The maximum absolute atomic E-state index is 4.55. The number of nitrogens with one attached hydrogen (secondary N) is 1. The molecule has 3 aromatic heterocycles. The molecule has 1 aromatic carbocycles. The number of benzene rings is 1. The lowest BCUT2D eigenvalue weighted by molar-refractivity contribution is 0.902. The molecule has 110 valence electrons. The number of fused-ring (bicyclic) bond motifs is 2. The fraction of sp³-hybridized carbons (Fsp3) is 0.200. The first-order valence-corrected chi connectivity index (χ1v) is 7.85. The molecule has 0 radical (unpaired) electrons. The van der Waals surface area contributed by atoms with Gasteiger partial charge in [0, 0.05) is 24.4 Å². The highest BCUT2D eigenvalue weighted by molar-refractivity contribution is 7.00. The monoisotopic (exact) mass is 310 g/mol. The predicted molar refractivity (Wildman–Crippen MR) is 87.1 cm³/mol. The molecule has 0 unspecified atom stereocenters. The molecule has 0 amide bonds. The SMILES string of the molecule is CCc1cc(NCc2ccc3nsnc3c2)n2nccc2n1. The molecule has 0 aliphatic heterocycles. The Bertz CT molecular complexity index is 941. The van der Waals surface area contributed by atoms with Crippen LogP contribution in [0.3, 0.4) is 0 Å². The number of aryl methyl sites for hydroxylation is 1. The maximum atomic E-state index is 4.55. The lowest BCUT2D eigenvalue weighted by atomic mass is 10.2. The highest BCUT2D eigenvalue weighted by Crippen LogP contribution is 2.17. The number of rotatable bonds is 4. The van der Waals surface area contributed by atoms with E-state index >= 15 is 0 Å². The summed E-state index contributed by atoms with van der Waals surface area (Å²) in [4.78, 5) is 4.55. The highest BCUT2D eigenvalue weighted by Gasteiger charge is 2.06. The summed E-state index contributed by atoms with van der Waals surface area (Å²) < 4.78 is 10.3. The minimum Gasteiger partial charge on any atom is -0.366 e. The van der Waals surface area contributed by atoms with E-state index in [2.05, 4.69) is 43.2 Å². The van der Waals surface area contributed by atoms with Crippen molar-refractivity contribution >= 4 is 34.2 Å². The van der Waals surface area contributed by atoms with Crippen molar-refractivity contribution < 1.29 is 0 Å². The van der Waals surface area contributed by atoms with Crippen molar-refractivity contribution in [3.05, 3.63) is 47.8 Å². The Hall–Kier alpha value is -2.54. The Morgan fingerprint density at radius 3 is 2.95 bits per heavy atom. The summed E-state index contributed by atoms with van der Waals surface area (Å²) in [5, 5.41) is 7.76. The van der Waals surface area contributed by atoms with Gasteiger partial charge in [0.2, 0.25) is 0 Å². The van der Waals surface area contributed by atoms with Crippen LogP contribution < -0.4 is 5.32 Å². The van der Waals surface area contributed by atoms with Crippen molar-refractivity contribution in [3.63, 3.8) is 0 Å². The second-order valence-electron chi connectivity index (χ2n) is 5.03. The van der Waals surface area contributed by atoms with Gasteiger partial charge in [-0.2, -0.15) is 18.4 Å². The van der Waals surface area contributed by atoms with Crippen LogP contribution in [0.2, 0.25) is 0 Å². The van der Waals surface area contributed by atoms with Gasteiger partial charge in [-0.25, -0.2) is 4.98 Å². The molecular weight excluding hydrogens is 296 g/mol. The molecule has 22 heavy (non-hydrogen) atoms. The normalized spacial score (nSPS) is 11.3. The highest BCUT2D eigenvalue weighted by atomic mass is 32.1. The molecule has 0 fully saturated rings. The van der Waals surface area contributed by atoms with E-state index in [-0.39, 0.29) is 0 Å². The fourth-order valence-corrected chi connectivity index (χ4v) is 2.92. The second-order valence-corrected chi connectivity index (χ2v) is 5.56. The van der Waals surface area contributed by atoms with Crippen molar-refractivity contribution in [3.8, 4) is 0 Å². The predicted octanol–water partition coefficient (Wildman–Crippen LogP) is 2.91. The van der Waals surface area contributed by atoms with Crippen LogP contribution in [-0.4, -0.2) is 23.3 Å². The smallest absolute Gasteiger partial charge is 0.157 e. The van der Waals surface area contributed by atoms with Gasteiger partial charge in [-0.3, -0.25) is 0 Å². The Labute approximate surface area is 131 Å². The first-order valence-electron chi connectivity index (χ1n) is 7.12. The number of hydrogen-bond acceptors (Lipinski definition) is 6. The molecule has 0 atom stereocenters. The van der Waals surface area contributed by atoms with E-state index in [9.17, 15) is 0 Å². The van der Waals surface area contributed by atoms with E-state index in [1.54, 1.807) is 6.20 Å². The van der Waals surface area contributed by atoms with Gasteiger partial charge in [-0.15, -0.1) is 0 Å². The first-order chi connectivity index (χ1) is 10.8. The molecule has 4 aromatic rings. The summed E-state index contributed by atoms with van der Waals surface area (Å²) in [5.41, 5.74) is 4.96. The Kier molecular flexibility index (Phi) is 3.19. The van der Waals surface area contributed by atoms with Crippen LogP contribution in [0.4, 0.5) is 5.82 Å². The third kappa shape index (κ3) is 2.29. The molecule has 0 saturated carbocycles. The zero-order valence-electron chi connectivity index (χ0n) is 12.0. The molecule has 7 heteroatoms. The summed E-state index contributed by atoms with van der Waals surface area (Å²) in [6.07, 6.45) is 2.66. The van der Waals surface area contributed by atoms with Gasteiger partial charge in [-0.1, -0.05) is 13.0 Å². The largest absolute Gasteiger partial charge is 0.366 e. The lowest BCUT2D eigenvalue weighted by Gasteiger charge is -2.10. The average Bonchev–Trinajstić information content (AvgIpc) is 3.20. The van der Waals surface area contributed by atoms with Gasteiger partial charge in [0.25, 0.3) is 0 Å². The second kappa shape index (κ2) is 5.34. The zero-order chi connectivity index (χ0) is 14.9. The van der Waals surface area contributed by atoms with Crippen molar-refractivity contribution in [2.24, 2.45) is 0 Å². The van der Waals surface area contributed by atoms with E-state index in [1.807, 2.05) is 22.7 Å². The van der Waals surface area contributed by atoms with Gasteiger partial charge in [-0.05, 0) is 24.1 Å². The molecule has 3 heterocycles. The molecule has 0 saturated heterocycles. The molecule has 4 rings (SSSR count). The molecule has 6 nitrogen and oxygen atoms in total. The maximum Gasteiger partial charge on any atom is 0.157 e. The van der Waals surface area contributed by atoms with Crippen molar-refractivity contribution in [2.45, 2.75) is 19.9 Å². The van der Waals surface area contributed by atoms with Gasteiger partial charge >= 0.3 is 0 Å². The van der Waals surface area contributed by atoms with Crippen LogP contribution in [0, 0.1) is 0 Å². The summed E-state index contributed by atoms with van der Waals surface area (Å²) in [6.45, 7) is 2.80. The summed E-state index contributed by atoms with van der Waals surface area (Å²) in [5.74, 6) is 0.948. The third-order valence-corrected chi connectivity index (χ3v) is 4.12. The molecule has 0 aliphatic rings. The van der Waals surface area contributed by atoms with E-state index in [0.29, 0.717) is 6.54 Å². The van der Waals surface area contributed by atoms with Gasteiger partial charge in [0.05, 0.1) is 17.9 Å². The minimum atomic E-state index is 0.704. The van der Waals surface area contributed by atoms with Crippen LogP contribution in [0.5, 0.6) is 0 Å². The molecule has 0 spiro atoms. The van der Waals surface area contributed by atoms with Crippen LogP contribution >= 0.6 is 11.7 Å². The third-order valence-electron chi connectivity index (χ3n) is 3.57. The Morgan fingerprint density at radius 2 is 2.05 bits per heavy atom. The average molecular weight is 310 g/mol. The lowest BCUT2D eigenvalue weighted by Crippen LogP contribution is -2.07. The van der Waals surface area contributed by atoms with Crippen molar-refractivity contribution in [2.75, 3.05) is 5.32 Å². The summed E-state index contributed by atoms with van der Waals surface area (Å²) >= 11 is 1.24. The van der Waals surface area contributed by atoms with E-state index < -0.39 is 0 Å². The zero-order valence-corrected chi connectivity index (χ0v) is 12.8. The van der Waals surface area contributed by atoms with Gasteiger partial charge in [0.1, 0.15) is 16.9 Å². The molecule has 0 bridgehead atoms. The van der Waals surface area contributed by atoms with Crippen LogP contribution in [0.15, 0.2) is 36.5 Å². The number of hydrogen-bond donors (Lipinski definition) is 1. The Balaban J connectivity index is 1.64. The van der Waals surface area contributed by atoms with Crippen LogP contribution in [0.1, 0.15) is 18.2 Å². The van der Waals surface area contributed by atoms with Crippen LogP contribution in [0.25, 0.3) is 16.7 Å². The quantitative estimate of drug-likeness (QED) is 0.628. The minimum absolute atomic E-state index is 0.704. The molecular formula is C15H14N6S. The molecule has 0 aliphatic carbocycles. The van der Waals surface area contributed by atoms with Crippen molar-refractivity contribution in [1.29, 1.82) is 0 Å². The van der Waals surface area contributed by atoms with E-state index in [0.717, 1.165) is 40.2 Å². The number of aromatic nitrogens is 5. The summed E-state index contributed by atoms with van der Waals surface area (Å²) in [6, 6.07) is 10.1. The first kappa shape index (κ1) is 13.1. The van der Waals surface area contributed by atoms with Gasteiger partial charge in [0.15, 0.2) is 5.65 Å². The molecule has 1 N–H and O–H groups in total. The topological polar surface area (TPSA) is 68.0 Å². The fourth-order valence-electron chi connectivity index (χ4n) is 2.40. The van der Waals surface area contributed by atoms with E-state index in [4.69, 9.17) is 0 Å². The van der Waals surface area contributed by atoms with Gasteiger partial charge < -0.3 is 5.32 Å². The Morgan fingerprint density at radius 1 is 1.14 bits per heavy atom. The van der Waals surface area contributed by atoms with E-state index in [1.165, 1.54) is 11.7 Å². The standard InChI is InChI=1S/C15H14N6S/c1-2-11-8-15(21-14(18-11)5-6-17-21)16-9-10-3-4-12-13(7-10)20-22-19-12/h3-8,16H,2,9H2,1H3.